The van der Waals surface area contributed by atoms with Crippen LogP contribution in [0.3, 0.4) is 0 Å². The van der Waals surface area contributed by atoms with Gasteiger partial charge in [0, 0.05) is 0 Å². The van der Waals surface area contributed by atoms with Crippen LogP contribution in [0.5, 0.6) is 0 Å². The number of benzene rings is 1. The van der Waals surface area contributed by atoms with Crippen molar-refractivity contribution in [3.8, 4) is 12.3 Å². The van der Waals surface area contributed by atoms with Gasteiger partial charge in [-0.15, -0.1) is 6.42 Å². The fraction of sp³-hybridized carbons (Fsp3) is 0.412. The number of nitrogens with zero attached hydrogens (tertiary/aromatic N) is 1. The predicted molar refractivity (Wildman–Crippen MR) is 81.2 cm³/mol. The number of piperazine rings is 1. The van der Waals surface area contributed by atoms with Crippen molar-refractivity contribution in [2.24, 2.45) is 0 Å². The van der Waals surface area contributed by atoms with E-state index in [4.69, 9.17) is 6.42 Å². The van der Waals surface area contributed by atoms with E-state index >= 15 is 0 Å². The second kappa shape index (κ2) is 5.61. The van der Waals surface area contributed by atoms with Gasteiger partial charge in [-0.2, -0.15) is 0 Å². The molecule has 0 spiro atoms. The smallest absolute Gasteiger partial charge is 0.251 e. The van der Waals surface area contributed by atoms with Crippen molar-refractivity contribution in [1.29, 1.82) is 0 Å². The minimum absolute atomic E-state index is 0.157. The highest BCUT2D eigenvalue weighted by Gasteiger charge is 2.46. The van der Waals surface area contributed by atoms with Gasteiger partial charge in [0.1, 0.15) is 12.1 Å². The van der Waals surface area contributed by atoms with Crippen molar-refractivity contribution in [3.05, 3.63) is 35.9 Å². The molecule has 0 aromatic heterocycles. The van der Waals surface area contributed by atoms with Crippen molar-refractivity contribution in [3.63, 3.8) is 0 Å². The molecule has 0 aliphatic carbocycles. The molecular formula is C17H20N2O2. The Labute approximate surface area is 125 Å². The van der Waals surface area contributed by atoms with Gasteiger partial charge >= 0.3 is 0 Å². The van der Waals surface area contributed by atoms with Gasteiger partial charge in [0.25, 0.3) is 5.91 Å². The van der Waals surface area contributed by atoms with Crippen LogP contribution >= 0.6 is 0 Å². The zero-order chi connectivity index (χ0) is 15.6. The fourth-order valence-corrected chi connectivity index (χ4v) is 2.68. The van der Waals surface area contributed by atoms with Crippen LogP contribution in [0.15, 0.2) is 30.3 Å². The summed E-state index contributed by atoms with van der Waals surface area (Å²) in [6, 6.07) is 8.02. The van der Waals surface area contributed by atoms with Gasteiger partial charge in [-0.3, -0.25) is 9.59 Å². The molecule has 0 saturated carbocycles. The second-order valence-electron chi connectivity index (χ2n) is 5.69. The fourth-order valence-electron chi connectivity index (χ4n) is 2.68. The molecule has 1 aromatic carbocycles. The zero-order valence-corrected chi connectivity index (χ0v) is 12.6. The Kier molecular flexibility index (Phi) is 4.04. The van der Waals surface area contributed by atoms with Gasteiger partial charge in [-0.05, 0) is 25.8 Å². The van der Waals surface area contributed by atoms with E-state index in [1.807, 2.05) is 37.3 Å². The van der Waals surface area contributed by atoms with E-state index in [1.165, 1.54) is 0 Å². The van der Waals surface area contributed by atoms with Crippen molar-refractivity contribution >= 4 is 11.8 Å². The lowest BCUT2D eigenvalue weighted by molar-refractivity contribution is -0.154. The molecule has 2 rings (SSSR count). The van der Waals surface area contributed by atoms with E-state index in [-0.39, 0.29) is 11.8 Å². The number of terminal acetylenes is 1. The Hall–Kier alpha value is -2.28. The number of carbonyl (C=O) groups excluding carboxylic acids is 2. The Morgan fingerprint density at radius 1 is 1.29 bits per heavy atom. The van der Waals surface area contributed by atoms with Crippen LogP contribution in [0.4, 0.5) is 0 Å². The monoisotopic (exact) mass is 284 g/mol. The van der Waals surface area contributed by atoms with Crippen molar-refractivity contribution in [1.82, 2.24) is 10.2 Å². The quantitative estimate of drug-likeness (QED) is 0.862. The normalized spacial score (nSPS) is 22.7. The standard InChI is InChI=1S/C17H20N2O2/c1-5-13-15(20)18-14(12-10-8-7-9-11-12)16(21)19(13)17(3,4)6-2/h2,7-11,13-14H,5H2,1,3-4H3,(H,18,20). The number of rotatable bonds is 3. The maximum atomic E-state index is 12.9. The molecule has 2 atom stereocenters. The zero-order valence-electron chi connectivity index (χ0n) is 12.6. The van der Waals surface area contributed by atoms with Gasteiger partial charge in [-0.1, -0.05) is 43.2 Å². The van der Waals surface area contributed by atoms with Gasteiger partial charge in [0.05, 0.1) is 5.54 Å². The molecule has 1 aliphatic heterocycles. The average Bonchev–Trinajstić information content (AvgIpc) is 2.49. The van der Waals surface area contributed by atoms with E-state index in [0.717, 1.165) is 5.56 Å². The second-order valence-corrected chi connectivity index (χ2v) is 5.69. The molecule has 0 bridgehead atoms. The van der Waals surface area contributed by atoms with Gasteiger partial charge in [-0.25, -0.2) is 0 Å². The first-order valence-electron chi connectivity index (χ1n) is 7.08. The lowest BCUT2D eigenvalue weighted by Gasteiger charge is -2.45. The molecule has 1 fully saturated rings. The third kappa shape index (κ3) is 2.64. The topological polar surface area (TPSA) is 49.4 Å². The van der Waals surface area contributed by atoms with Crippen molar-refractivity contribution < 1.29 is 9.59 Å². The third-order valence-electron chi connectivity index (χ3n) is 3.86. The first-order chi connectivity index (χ1) is 9.92. The van der Waals surface area contributed by atoms with E-state index in [0.29, 0.717) is 6.42 Å². The summed E-state index contributed by atoms with van der Waals surface area (Å²) in [7, 11) is 0. The number of hydrogen-bond acceptors (Lipinski definition) is 2. The van der Waals surface area contributed by atoms with Gasteiger partial charge in [0.2, 0.25) is 5.91 Å². The molecule has 1 aliphatic rings. The van der Waals surface area contributed by atoms with Gasteiger partial charge < -0.3 is 10.2 Å². The Morgan fingerprint density at radius 2 is 1.90 bits per heavy atom. The molecule has 21 heavy (non-hydrogen) atoms. The first kappa shape index (κ1) is 15.1. The van der Waals surface area contributed by atoms with Crippen LogP contribution in [-0.2, 0) is 9.59 Å². The van der Waals surface area contributed by atoms with Gasteiger partial charge in [0.15, 0.2) is 0 Å². The number of nitrogens with one attached hydrogen (secondary N) is 1. The SMILES string of the molecule is C#CC(C)(C)N1C(=O)C(c2ccccc2)NC(=O)C1CC. The molecule has 1 N–H and O–H groups in total. The van der Waals surface area contributed by atoms with Crippen LogP contribution < -0.4 is 5.32 Å². The summed E-state index contributed by atoms with van der Waals surface area (Å²) in [6.07, 6.45) is 6.10. The van der Waals surface area contributed by atoms with Crippen LogP contribution in [-0.4, -0.2) is 28.3 Å². The van der Waals surface area contributed by atoms with Crippen LogP contribution in [0, 0.1) is 12.3 Å². The van der Waals surface area contributed by atoms with Crippen LogP contribution in [0.2, 0.25) is 0 Å². The van der Waals surface area contributed by atoms with E-state index in [1.54, 1.807) is 18.7 Å². The molecule has 2 amide bonds. The summed E-state index contributed by atoms with van der Waals surface area (Å²) in [5.41, 5.74) is -0.0362. The molecule has 2 unspecified atom stereocenters. The molecule has 1 heterocycles. The maximum Gasteiger partial charge on any atom is 0.251 e. The summed E-state index contributed by atoms with van der Waals surface area (Å²) in [5.74, 6) is 2.31. The van der Waals surface area contributed by atoms with Crippen molar-refractivity contribution in [2.45, 2.75) is 44.8 Å². The summed E-state index contributed by atoms with van der Waals surface area (Å²) < 4.78 is 0. The average molecular weight is 284 g/mol. The molecule has 1 aromatic rings. The van der Waals surface area contributed by atoms with E-state index in [9.17, 15) is 9.59 Å². The van der Waals surface area contributed by atoms with E-state index in [2.05, 4.69) is 11.2 Å². The minimum Gasteiger partial charge on any atom is -0.339 e. The Morgan fingerprint density at radius 3 is 2.43 bits per heavy atom. The Bertz CT molecular complexity index is 587. The van der Waals surface area contributed by atoms with Crippen LogP contribution in [0.25, 0.3) is 0 Å². The van der Waals surface area contributed by atoms with Crippen LogP contribution in [0.1, 0.15) is 38.8 Å². The largest absolute Gasteiger partial charge is 0.339 e. The molecule has 1 saturated heterocycles. The lowest BCUT2D eigenvalue weighted by atomic mass is 9.92. The summed E-state index contributed by atoms with van der Waals surface area (Å²) >= 11 is 0. The first-order valence-corrected chi connectivity index (χ1v) is 7.08. The minimum atomic E-state index is -0.803. The maximum absolute atomic E-state index is 12.9. The van der Waals surface area contributed by atoms with Crippen molar-refractivity contribution in [2.75, 3.05) is 0 Å². The molecular weight excluding hydrogens is 264 g/mol. The Balaban J connectivity index is 2.44. The molecule has 0 radical (unpaired) electrons. The highest BCUT2D eigenvalue weighted by molar-refractivity contribution is 5.98. The predicted octanol–water partition coefficient (Wildman–Crippen LogP) is 1.88. The lowest BCUT2D eigenvalue weighted by Crippen LogP contribution is -2.65. The number of amides is 2. The number of hydrogen-bond donors (Lipinski definition) is 1. The third-order valence-corrected chi connectivity index (χ3v) is 3.86. The summed E-state index contributed by atoms with van der Waals surface area (Å²) in [4.78, 5) is 26.8. The summed E-state index contributed by atoms with van der Waals surface area (Å²) in [5, 5.41) is 2.81. The number of carbonyl (C=O) groups is 2. The molecule has 4 heteroatoms. The van der Waals surface area contributed by atoms with E-state index < -0.39 is 17.6 Å². The molecule has 110 valence electrons. The summed E-state index contributed by atoms with van der Waals surface area (Å²) in [6.45, 7) is 5.45. The molecule has 4 nitrogen and oxygen atoms in total. The highest BCUT2D eigenvalue weighted by atomic mass is 16.2. The highest BCUT2D eigenvalue weighted by Crippen LogP contribution is 2.29.